The second-order valence-corrected chi connectivity index (χ2v) is 3.63. The molecule has 0 radical (unpaired) electrons. The van der Waals surface area contributed by atoms with Gasteiger partial charge in [-0.25, -0.2) is 4.79 Å². The van der Waals surface area contributed by atoms with Crippen molar-refractivity contribution < 1.29 is 9.90 Å². The van der Waals surface area contributed by atoms with Gasteiger partial charge in [0.2, 0.25) is 0 Å². The summed E-state index contributed by atoms with van der Waals surface area (Å²) in [5.74, 6) is -0.933. The first-order valence-electron chi connectivity index (χ1n) is 5.26. The number of benzene rings is 1. The van der Waals surface area contributed by atoms with Crippen LogP contribution in [-0.2, 0) is 4.79 Å². The third kappa shape index (κ3) is 1.92. The number of carboxylic acid groups (broad SMARTS) is 1. The Morgan fingerprint density at radius 2 is 2.25 bits per heavy atom. The predicted octanol–water partition coefficient (Wildman–Crippen LogP) is 1.32. The summed E-state index contributed by atoms with van der Waals surface area (Å²) in [6.45, 7) is 2.77. The Kier molecular flexibility index (Phi) is 2.92. The fourth-order valence-corrected chi connectivity index (χ4v) is 1.82. The number of hydrogen-bond acceptors (Lipinski definition) is 3. The largest absolute Gasteiger partial charge is 0.477 e. The van der Waals surface area contributed by atoms with Crippen LogP contribution in [0.25, 0.3) is 6.08 Å². The van der Waals surface area contributed by atoms with Crippen molar-refractivity contribution in [1.82, 2.24) is 10.6 Å². The lowest BCUT2D eigenvalue weighted by molar-refractivity contribution is -0.133. The maximum atomic E-state index is 11.0. The summed E-state index contributed by atoms with van der Waals surface area (Å²) < 4.78 is 0. The molecule has 1 aromatic rings. The van der Waals surface area contributed by atoms with Gasteiger partial charge in [-0.2, -0.15) is 0 Å². The Balaban J connectivity index is 2.41. The molecule has 0 aliphatic carbocycles. The summed E-state index contributed by atoms with van der Waals surface area (Å²) >= 11 is 0. The van der Waals surface area contributed by atoms with Crippen LogP contribution in [0.15, 0.2) is 30.0 Å². The lowest BCUT2D eigenvalue weighted by Crippen LogP contribution is -2.38. The molecule has 84 valence electrons. The molecule has 1 heterocycles. The number of aliphatic carboxylic acids is 1. The Hall–Kier alpha value is -1.81. The van der Waals surface area contributed by atoms with E-state index >= 15 is 0 Å². The van der Waals surface area contributed by atoms with Crippen LogP contribution in [0, 0.1) is 0 Å². The third-order valence-corrected chi connectivity index (χ3v) is 2.55. The molecule has 1 atom stereocenters. The Labute approximate surface area is 94.0 Å². The summed E-state index contributed by atoms with van der Waals surface area (Å²) in [6.07, 6.45) is 1.53. The standard InChI is InChI=1S/C12H14N2O2/c1-2-13-11-9-6-4-3-5-8(9)7-10(14-11)12(15)16/h3-7,11,13-14H,2H2,1H3,(H,15,16). The van der Waals surface area contributed by atoms with E-state index in [0.717, 1.165) is 17.7 Å². The highest BCUT2D eigenvalue weighted by atomic mass is 16.4. The zero-order valence-corrected chi connectivity index (χ0v) is 9.03. The van der Waals surface area contributed by atoms with E-state index < -0.39 is 5.97 Å². The SMILES string of the molecule is CCNC1NC(C(=O)O)=Cc2ccccc21. The number of fused-ring (bicyclic) bond motifs is 1. The van der Waals surface area contributed by atoms with Crippen LogP contribution < -0.4 is 10.6 Å². The fourth-order valence-electron chi connectivity index (χ4n) is 1.82. The Bertz CT molecular complexity index is 440. The second kappa shape index (κ2) is 4.37. The molecule has 4 nitrogen and oxygen atoms in total. The predicted molar refractivity (Wildman–Crippen MR) is 61.6 cm³/mol. The van der Waals surface area contributed by atoms with Crippen molar-refractivity contribution in [1.29, 1.82) is 0 Å². The summed E-state index contributed by atoms with van der Waals surface area (Å²) in [5, 5.41) is 15.2. The lowest BCUT2D eigenvalue weighted by Gasteiger charge is -2.26. The molecule has 0 bridgehead atoms. The van der Waals surface area contributed by atoms with Crippen LogP contribution in [0.1, 0.15) is 24.2 Å². The molecule has 1 aliphatic rings. The Morgan fingerprint density at radius 3 is 2.94 bits per heavy atom. The van der Waals surface area contributed by atoms with Crippen molar-refractivity contribution >= 4 is 12.0 Å². The quantitative estimate of drug-likeness (QED) is 0.716. The van der Waals surface area contributed by atoms with E-state index in [9.17, 15) is 4.79 Å². The number of rotatable bonds is 3. The van der Waals surface area contributed by atoms with Gasteiger partial charge in [0.1, 0.15) is 11.9 Å². The first kappa shape index (κ1) is 10.7. The van der Waals surface area contributed by atoms with Gasteiger partial charge in [0.25, 0.3) is 0 Å². The summed E-state index contributed by atoms with van der Waals surface area (Å²) in [6, 6.07) is 7.77. The van der Waals surface area contributed by atoms with Gasteiger partial charge in [-0.15, -0.1) is 0 Å². The van der Waals surface area contributed by atoms with Crippen molar-refractivity contribution in [3.05, 3.63) is 41.1 Å². The Morgan fingerprint density at radius 1 is 1.50 bits per heavy atom. The summed E-state index contributed by atoms with van der Waals surface area (Å²) in [4.78, 5) is 11.0. The fraction of sp³-hybridized carbons (Fsp3) is 0.250. The van der Waals surface area contributed by atoms with Crippen LogP contribution in [-0.4, -0.2) is 17.6 Å². The van der Waals surface area contributed by atoms with E-state index in [1.807, 2.05) is 31.2 Å². The minimum atomic E-state index is -0.933. The van der Waals surface area contributed by atoms with Crippen LogP contribution in [0.5, 0.6) is 0 Å². The molecule has 0 saturated heterocycles. The molecule has 0 aromatic heterocycles. The highest BCUT2D eigenvalue weighted by Gasteiger charge is 2.22. The van der Waals surface area contributed by atoms with Gasteiger partial charge in [-0.05, 0) is 23.7 Å². The van der Waals surface area contributed by atoms with Gasteiger partial charge >= 0.3 is 5.97 Å². The van der Waals surface area contributed by atoms with E-state index in [2.05, 4.69) is 10.6 Å². The molecule has 16 heavy (non-hydrogen) atoms. The monoisotopic (exact) mass is 218 g/mol. The number of carboxylic acids is 1. The molecule has 4 heteroatoms. The average molecular weight is 218 g/mol. The minimum Gasteiger partial charge on any atom is -0.477 e. The lowest BCUT2D eigenvalue weighted by atomic mass is 10.00. The molecular weight excluding hydrogens is 204 g/mol. The number of hydrogen-bond donors (Lipinski definition) is 3. The third-order valence-electron chi connectivity index (χ3n) is 2.55. The normalized spacial score (nSPS) is 18.3. The van der Waals surface area contributed by atoms with E-state index in [4.69, 9.17) is 5.11 Å². The van der Waals surface area contributed by atoms with Gasteiger partial charge in [0.15, 0.2) is 0 Å². The molecular formula is C12H14N2O2. The summed E-state index contributed by atoms with van der Waals surface area (Å²) in [5.41, 5.74) is 2.25. The zero-order chi connectivity index (χ0) is 11.5. The summed E-state index contributed by atoms with van der Waals surface area (Å²) in [7, 11) is 0. The van der Waals surface area contributed by atoms with Crippen molar-refractivity contribution in [2.75, 3.05) is 6.54 Å². The molecule has 2 rings (SSSR count). The van der Waals surface area contributed by atoms with E-state index in [0.29, 0.717) is 0 Å². The molecule has 0 saturated carbocycles. The highest BCUT2D eigenvalue weighted by Crippen LogP contribution is 2.24. The van der Waals surface area contributed by atoms with Crippen LogP contribution >= 0.6 is 0 Å². The van der Waals surface area contributed by atoms with Gasteiger partial charge < -0.3 is 10.4 Å². The van der Waals surface area contributed by atoms with Crippen molar-refractivity contribution in [2.45, 2.75) is 13.1 Å². The van der Waals surface area contributed by atoms with Crippen LogP contribution in [0.4, 0.5) is 0 Å². The van der Waals surface area contributed by atoms with Crippen molar-refractivity contribution in [3.8, 4) is 0 Å². The van der Waals surface area contributed by atoms with Crippen LogP contribution in [0.2, 0.25) is 0 Å². The van der Waals surface area contributed by atoms with E-state index in [1.54, 1.807) is 6.08 Å². The van der Waals surface area contributed by atoms with E-state index in [1.165, 1.54) is 0 Å². The number of nitrogens with one attached hydrogen (secondary N) is 2. The minimum absolute atomic E-state index is 0.128. The molecule has 0 spiro atoms. The molecule has 0 amide bonds. The van der Waals surface area contributed by atoms with E-state index in [-0.39, 0.29) is 11.9 Å². The topological polar surface area (TPSA) is 61.4 Å². The highest BCUT2D eigenvalue weighted by molar-refractivity contribution is 5.92. The molecule has 1 aromatic carbocycles. The zero-order valence-electron chi connectivity index (χ0n) is 9.03. The van der Waals surface area contributed by atoms with Gasteiger partial charge in [-0.1, -0.05) is 31.2 Å². The maximum Gasteiger partial charge on any atom is 0.352 e. The van der Waals surface area contributed by atoms with Crippen molar-refractivity contribution in [3.63, 3.8) is 0 Å². The number of carbonyl (C=O) groups is 1. The molecule has 0 fully saturated rings. The molecule has 1 unspecified atom stereocenters. The molecule has 1 aliphatic heterocycles. The first-order chi connectivity index (χ1) is 7.72. The van der Waals surface area contributed by atoms with Gasteiger partial charge in [-0.3, -0.25) is 5.32 Å². The van der Waals surface area contributed by atoms with Crippen LogP contribution in [0.3, 0.4) is 0 Å². The average Bonchev–Trinajstić information content (AvgIpc) is 2.29. The van der Waals surface area contributed by atoms with Gasteiger partial charge in [0, 0.05) is 0 Å². The van der Waals surface area contributed by atoms with Gasteiger partial charge in [0.05, 0.1) is 0 Å². The smallest absolute Gasteiger partial charge is 0.352 e. The molecule has 3 N–H and O–H groups in total. The first-order valence-corrected chi connectivity index (χ1v) is 5.26. The second-order valence-electron chi connectivity index (χ2n) is 3.63. The van der Waals surface area contributed by atoms with Crippen molar-refractivity contribution in [2.24, 2.45) is 0 Å². The maximum absolute atomic E-state index is 11.0.